The second-order valence-electron chi connectivity index (χ2n) is 7.25. The monoisotopic (exact) mass is 482 g/mol. The SMILES string of the molecule is C[C@H](N)C(=O)C(=O)[C@H](CCCN=C(N)N)NC(=O)[C@H](N)C(O)S(=O)(=O)/C=C/c1ccccc1. The smallest absolute Gasteiger partial charge is 0.241 e. The Hall–Kier alpha value is -3.13. The van der Waals surface area contributed by atoms with Crippen molar-refractivity contribution in [2.75, 3.05) is 6.54 Å². The first-order valence-corrected chi connectivity index (χ1v) is 11.6. The molecule has 0 aromatic heterocycles. The van der Waals surface area contributed by atoms with Crippen molar-refractivity contribution in [3.63, 3.8) is 0 Å². The van der Waals surface area contributed by atoms with Gasteiger partial charge in [0, 0.05) is 12.0 Å². The van der Waals surface area contributed by atoms with Crippen molar-refractivity contribution in [1.82, 2.24) is 5.32 Å². The van der Waals surface area contributed by atoms with Crippen molar-refractivity contribution in [1.29, 1.82) is 0 Å². The molecule has 0 heterocycles. The Morgan fingerprint density at radius 3 is 2.27 bits per heavy atom. The Balaban J connectivity index is 2.94. The Bertz CT molecular complexity index is 990. The highest BCUT2D eigenvalue weighted by molar-refractivity contribution is 7.94. The average Bonchev–Trinajstić information content (AvgIpc) is 2.77. The summed E-state index contributed by atoms with van der Waals surface area (Å²) in [5.74, 6) is -3.24. The van der Waals surface area contributed by atoms with E-state index in [1.165, 1.54) is 13.0 Å². The number of guanidine groups is 1. The van der Waals surface area contributed by atoms with Gasteiger partial charge in [-0.25, -0.2) is 8.42 Å². The van der Waals surface area contributed by atoms with Crippen LogP contribution in [0.25, 0.3) is 6.08 Å². The summed E-state index contributed by atoms with van der Waals surface area (Å²) in [7, 11) is -4.35. The number of carbonyl (C=O) groups excluding carboxylic acids is 3. The van der Waals surface area contributed by atoms with Crippen LogP contribution in [0, 0.1) is 0 Å². The zero-order chi connectivity index (χ0) is 25.2. The lowest BCUT2D eigenvalue weighted by atomic mass is 9.99. The van der Waals surface area contributed by atoms with Crippen LogP contribution in [0.1, 0.15) is 25.3 Å². The summed E-state index contributed by atoms with van der Waals surface area (Å²) in [5, 5.41) is 13.1. The molecule has 10 N–H and O–H groups in total. The second kappa shape index (κ2) is 12.8. The quantitative estimate of drug-likeness (QED) is 0.0763. The molecule has 1 rings (SSSR count). The van der Waals surface area contributed by atoms with E-state index in [-0.39, 0.29) is 25.3 Å². The predicted molar refractivity (Wildman–Crippen MR) is 124 cm³/mol. The van der Waals surface area contributed by atoms with Gasteiger partial charge in [0.2, 0.25) is 17.5 Å². The molecule has 0 radical (unpaired) electrons. The van der Waals surface area contributed by atoms with Gasteiger partial charge in [-0.3, -0.25) is 19.4 Å². The number of carbonyl (C=O) groups is 3. The number of amides is 1. The predicted octanol–water partition coefficient (Wildman–Crippen LogP) is -2.26. The van der Waals surface area contributed by atoms with Crippen LogP contribution in [0.5, 0.6) is 0 Å². The molecule has 12 nitrogen and oxygen atoms in total. The minimum Gasteiger partial charge on any atom is -0.375 e. The van der Waals surface area contributed by atoms with Crippen LogP contribution in [0.2, 0.25) is 0 Å². The van der Waals surface area contributed by atoms with Crippen LogP contribution < -0.4 is 28.3 Å². The third kappa shape index (κ3) is 9.10. The average molecular weight is 483 g/mol. The van der Waals surface area contributed by atoms with Gasteiger partial charge in [0.25, 0.3) is 0 Å². The first-order valence-electron chi connectivity index (χ1n) is 9.97. The van der Waals surface area contributed by atoms with Gasteiger partial charge < -0.3 is 33.4 Å². The Labute approximate surface area is 192 Å². The number of benzene rings is 1. The van der Waals surface area contributed by atoms with Gasteiger partial charge in [0.15, 0.2) is 21.2 Å². The number of nitrogens with zero attached hydrogens (tertiary/aromatic N) is 1. The van der Waals surface area contributed by atoms with E-state index in [1.807, 2.05) is 0 Å². The van der Waals surface area contributed by atoms with E-state index >= 15 is 0 Å². The van der Waals surface area contributed by atoms with Crippen LogP contribution in [0.3, 0.4) is 0 Å². The maximum atomic E-state index is 12.5. The van der Waals surface area contributed by atoms with Gasteiger partial charge in [-0.05, 0) is 31.4 Å². The molecule has 0 aliphatic heterocycles. The lowest BCUT2D eigenvalue weighted by molar-refractivity contribution is -0.139. The lowest BCUT2D eigenvalue weighted by Crippen LogP contribution is -2.56. The van der Waals surface area contributed by atoms with Crippen LogP contribution in [-0.4, -0.2) is 67.1 Å². The van der Waals surface area contributed by atoms with Gasteiger partial charge in [-0.2, -0.15) is 0 Å². The van der Waals surface area contributed by atoms with E-state index in [9.17, 15) is 27.9 Å². The number of hydrogen-bond acceptors (Lipinski definition) is 9. The van der Waals surface area contributed by atoms with Crippen LogP contribution in [0.4, 0.5) is 0 Å². The molecule has 182 valence electrons. The maximum Gasteiger partial charge on any atom is 0.241 e. The first-order chi connectivity index (χ1) is 15.4. The molecule has 0 bridgehead atoms. The molecule has 1 amide bonds. The van der Waals surface area contributed by atoms with E-state index in [1.54, 1.807) is 30.3 Å². The molecule has 1 aromatic rings. The Morgan fingerprint density at radius 1 is 1.12 bits per heavy atom. The standard InChI is InChI=1S/C20H30N6O6S/c1-12(21)16(27)17(28)14(8-5-10-25-20(23)24)26-18(29)15(22)19(30)33(31,32)11-9-13-6-3-2-4-7-13/h2-4,6-7,9,11-12,14-15,19,30H,5,8,10,21-22H2,1H3,(H,26,29)(H4,23,24,25)/b11-9+/t12-,14-,15-,19?/m0/s1. The summed E-state index contributed by atoms with van der Waals surface area (Å²) < 4.78 is 24.7. The molecule has 0 fully saturated rings. The van der Waals surface area contributed by atoms with Crippen molar-refractivity contribution in [2.24, 2.45) is 27.9 Å². The van der Waals surface area contributed by atoms with Crippen LogP contribution in [-0.2, 0) is 24.2 Å². The van der Waals surface area contributed by atoms with Crippen molar-refractivity contribution < 1.29 is 27.9 Å². The van der Waals surface area contributed by atoms with Gasteiger partial charge >= 0.3 is 0 Å². The maximum absolute atomic E-state index is 12.5. The summed E-state index contributed by atoms with van der Waals surface area (Å²) in [6.45, 7) is 1.42. The molecule has 0 aliphatic rings. The van der Waals surface area contributed by atoms with Gasteiger partial charge in [0.05, 0.1) is 12.1 Å². The van der Waals surface area contributed by atoms with Crippen molar-refractivity contribution >= 4 is 39.3 Å². The largest absolute Gasteiger partial charge is 0.375 e. The molecule has 13 heteroatoms. The fourth-order valence-corrected chi connectivity index (χ4v) is 3.63. The Morgan fingerprint density at radius 2 is 1.73 bits per heavy atom. The zero-order valence-corrected chi connectivity index (χ0v) is 18.9. The molecule has 0 saturated carbocycles. The molecule has 0 aliphatic carbocycles. The molecule has 4 atom stereocenters. The highest BCUT2D eigenvalue weighted by atomic mass is 32.2. The normalized spacial score (nSPS) is 15.3. The molecule has 0 saturated heterocycles. The number of Topliss-reactive ketones (excluding diaryl/α,β-unsaturated/α-hetero) is 2. The third-order valence-corrected chi connectivity index (χ3v) is 5.91. The molecule has 1 aromatic carbocycles. The van der Waals surface area contributed by atoms with E-state index in [2.05, 4.69) is 10.3 Å². The minimum atomic E-state index is -4.35. The number of aliphatic hydroxyl groups is 1. The number of sulfone groups is 1. The number of aliphatic imine (C=N–C) groups is 1. The topological polar surface area (TPSA) is 234 Å². The fourth-order valence-electron chi connectivity index (χ4n) is 2.59. The van der Waals surface area contributed by atoms with E-state index in [4.69, 9.17) is 22.9 Å². The third-order valence-electron chi connectivity index (χ3n) is 4.43. The summed E-state index contributed by atoms with van der Waals surface area (Å²) in [6, 6.07) is 3.99. The summed E-state index contributed by atoms with van der Waals surface area (Å²) in [6.07, 6.45) is 1.39. The van der Waals surface area contributed by atoms with E-state index in [0.29, 0.717) is 5.56 Å². The number of ketones is 2. The summed E-state index contributed by atoms with van der Waals surface area (Å²) in [4.78, 5) is 40.7. The number of hydrogen-bond donors (Lipinski definition) is 6. The molecular weight excluding hydrogens is 452 g/mol. The van der Waals surface area contributed by atoms with Crippen molar-refractivity contribution in [2.45, 2.75) is 43.3 Å². The van der Waals surface area contributed by atoms with E-state index < -0.39 is 50.9 Å². The fraction of sp³-hybridized carbons (Fsp3) is 0.400. The summed E-state index contributed by atoms with van der Waals surface area (Å²) >= 11 is 0. The Kier molecular flexibility index (Phi) is 10.8. The first kappa shape index (κ1) is 27.9. The van der Waals surface area contributed by atoms with E-state index in [0.717, 1.165) is 5.41 Å². The second-order valence-corrected chi connectivity index (χ2v) is 9.18. The van der Waals surface area contributed by atoms with Crippen molar-refractivity contribution in [3.8, 4) is 0 Å². The molecule has 1 unspecified atom stereocenters. The molecule has 33 heavy (non-hydrogen) atoms. The minimum absolute atomic E-state index is 0.0523. The van der Waals surface area contributed by atoms with Crippen molar-refractivity contribution in [3.05, 3.63) is 41.3 Å². The zero-order valence-electron chi connectivity index (χ0n) is 18.1. The van der Waals surface area contributed by atoms with Gasteiger partial charge in [-0.15, -0.1) is 0 Å². The van der Waals surface area contributed by atoms with Gasteiger partial charge in [-0.1, -0.05) is 30.3 Å². The highest BCUT2D eigenvalue weighted by Gasteiger charge is 2.35. The molecule has 0 spiro atoms. The highest BCUT2D eigenvalue weighted by Crippen LogP contribution is 2.10. The number of rotatable bonds is 13. The number of nitrogens with one attached hydrogen (secondary N) is 1. The number of nitrogens with two attached hydrogens (primary N) is 4. The molecular formula is C20H30N6O6S. The summed E-state index contributed by atoms with van der Waals surface area (Å²) in [5.41, 5.74) is 19.8. The number of aliphatic hydroxyl groups excluding tert-OH is 1. The van der Waals surface area contributed by atoms with Gasteiger partial charge in [0.1, 0.15) is 6.04 Å². The van der Waals surface area contributed by atoms with Crippen LogP contribution in [0.15, 0.2) is 40.7 Å². The lowest BCUT2D eigenvalue weighted by Gasteiger charge is -2.22. The van der Waals surface area contributed by atoms with Crippen LogP contribution >= 0.6 is 0 Å².